The monoisotopic (exact) mass is 1130 g/mol. The van der Waals surface area contributed by atoms with E-state index in [0.717, 1.165) is 122 Å². The molecule has 0 saturated heterocycles. The first-order valence-electron chi connectivity index (χ1n) is 34.2. The van der Waals surface area contributed by atoms with Crippen molar-refractivity contribution in [3.05, 3.63) is 134 Å². The van der Waals surface area contributed by atoms with Gasteiger partial charge in [0.1, 0.15) is 13.2 Å². The van der Waals surface area contributed by atoms with Crippen LogP contribution in [0.4, 0.5) is 0 Å². The highest BCUT2D eigenvalue weighted by molar-refractivity contribution is 5.71. The van der Waals surface area contributed by atoms with E-state index < -0.39 is 6.10 Å². The lowest BCUT2D eigenvalue weighted by molar-refractivity contribution is -0.167. The molecule has 0 aliphatic rings. The number of hydrogen-bond donors (Lipinski definition) is 0. The largest absolute Gasteiger partial charge is 0.462 e. The summed E-state index contributed by atoms with van der Waals surface area (Å²) in [6.07, 6.45) is 97.8. The van der Waals surface area contributed by atoms with Crippen molar-refractivity contribution in [1.29, 1.82) is 0 Å². The quantitative estimate of drug-likeness (QED) is 0.0261. The molecule has 0 aromatic heterocycles. The van der Waals surface area contributed by atoms with Crippen molar-refractivity contribution in [3.8, 4) is 0 Å². The predicted molar refractivity (Wildman–Crippen MR) is 357 cm³/mol. The molecule has 0 radical (unpaired) electrons. The lowest BCUT2D eigenvalue weighted by atomic mass is 10.0. The Kier molecular flexibility index (Phi) is 65.3. The topological polar surface area (TPSA) is 78.9 Å². The molecule has 82 heavy (non-hydrogen) atoms. The summed E-state index contributed by atoms with van der Waals surface area (Å²) in [5.41, 5.74) is 0. The van der Waals surface area contributed by atoms with Crippen molar-refractivity contribution in [2.75, 3.05) is 13.2 Å². The fourth-order valence-electron chi connectivity index (χ4n) is 9.29. The van der Waals surface area contributed by atoms with Gasteiger partial charge in [-0.25, -0.2) is 0 Å². The number of ether oxygens (including phenoxy) is 3. The smallest absolute Gasteiger partial charge is 0.306 e. The van der Waals surface area contributed by atoms with Crippen LogP contribution < -0.4 is 0 Å². The highest BCUT2D eigenvalue weighted by Crippen LogP contribution is 2.16. The Hall–Kier alpha value is -4.45. The molecule has 6 nitrogen and oxygen atoms in total. The lowest BCUT2D eigenvalue weighted by Gasteiger charge is -2.18. The number of rotatable bonds is 61. The number of hydrogen-bond acceptors (Lipinski definition) is 6. The van der Waals surface area contributed by atoms with Crippen LogP contribution in [0.3, 0.4) is 0 Å². The van der Waals surface area contributed by atoms with E-state index in [4.69, 9.17) is 14.2 Å². The predicted octanol–water partition coefficient (Wildman–Crippen LogP) is 23.7. The zero-order valence-electron chi connectivity index (χ0n) is 53.5. The standard InChI is InChI=1S/C76H126O6/c1-4-7-10-13-16-19-21-23-25-27-29-31-33-34-35-36-37-38-39-40-41-42-44-45-47-49-51-53-55-57-60-63-66-69-75(78)81-72-73(71-80-74(77)68-65-62-59-18-15-12-9-6-3)82-76(79)70-67-64-61-58-56-54-52-50-48-46-43-32-30-28-26-24-22-20-17-14-11-8-5-2/h7,10,16,19,23,25,28-31,34-35,37-38,40-41,44-45,49,51,55,57,73H,4-6,8-9,11-15,17-18,20-22,24,26-27,32-33,36,39,42-43,46-48,50,52-54,56,58-72H2,1-3H3/b10-7-,19-16-,25-23-,30-28-,31-29-,35-34-,38-37-,41-40-,45-44-,51-49-,57-55-. The van der Waals surface area contributed by atoms with Crippen LogP contribution in [-0.4, -0.2) is 37.2 Å². The fourth-order valence-corrected chi connectivity index (χ4v) is 9.29. The van der Waals surface area contributed by atoms with Crippen LogP contribution in [0.2, 0.25) is 0 Å². The van der Waals surface area contributed by atoms with Crippen molar-refractivity contribution >= 4 is 17.9 Å². The molecule has 0 N–H and O–H groups in total. The van der Waals surface area contributed by atoms with Crippen molar-refractivity contribution in [3.63, 3.8) is 0 Å². The van der Waals surface area contributed by atoms with Gasteiger partial charge in [-0.05, 0) is 122 Å². The Bertz CT molecular complexity index is 1730. The van der Waals surface area contributed by atoms with Crippen LogP contribution in [0.5, 0.6) is 0 Å². The summed E-state index contributed by atoms with van der Waals surface area (Å²) in [5.74, 6) is -0.939. The summed E-state index contributed by atoms with van der Waals surface area (Å²) in [6, 6.07) is 0. The van der Waals surface area contributed by atoms with Gasteiger partial charge in [-0.2, -0.15) is 0 Å². The molecule has 466 valence electrons. The van der Waals surface area contributed by atoms with Crippen LogP contribution in [-0.2, 0) is 28.6 Å². The van der Waals surface area contributed by atoms with Gasteiger partial charge >= 0.3 is 17.9 Å². The van der Waals surface area contributed by atoms with E-state index in [2.05, 4.69) is 154 Å². The summed E-state index contributed by atoms with van der Waals surface area (Å²) < 4.78 is 16.8. The van der Waals surface area contributed by atoms with Gasteiger partial charge in [0, 0.05) is 19.3 Å². The van der Waals surface area contributed by atoms with E-state index in [-0.39, 0.29) is 31.1 Å². The Labute approximate surface area is 506 Å². The Morgan fingerprint density at radius 1 is 0.256 bits per heavy atom. The third kappa shape index (κ3) is 66.4. The molecule has 0 heterocycles. The van der Waals surface area contributed by atoms with Gasteiger partial charge in [-0.3, -0.25) is 14.4 Å². The second kappa shape index (κ2) is 69.0. The first-order chi connectivity index (χ1) is 40.5. The first kappa shape index (κ1) is 77.5. The Morgan fingerprint density at radius 2 is 0.476 bits per heavy atom. The van der Waals surface area contributed by atoms with Crippen molar-refractivity contribution < 1.29 is 28.6 Å². The van der Waals surface area contributed by atoms with E-state index >= 15 is 0 Å². The SMILES string of the molecule is CC/C=C\C/C=C\C/C=C\C/C=C\C/C=C\C/C=C\C/C=C\C/C=C\C/C=C\C/C=C\CCCCC(=O)OCC(COC(=O)CCCCCCCCCC)OC(=O)CCCCCCCCCCCCC/C=C\CCCCCCCCCC. The molecule has 0 aliphatic heterocycles. The van der Waals surface area contributed by atoms with Gasteiger partial charge in [-0.1, -0.05) is 302 Å². The maximum atomic E-state index is 12.9. The van der Waals surface area contributed by atoms with E-state index in [9.17, 15) is 14.4 Å². The molecule has 0 amide bonds. The summed E-state index contributed by atoms with van der Waals surface area (Å²) in [5, 5.41) is 0. The number of unbranched alkanes of at least 4 members (excludes halogenated alkanes) is 28. The number of carbonyl (C=O) groups excluding carboxylic acids is 3. The van der Waals surface area contributed by atoms with Gasteiger partial charge in [0.25, 0.3) is 0 Å². The van der Waals surface area contributed by atoms with Gasteiger partial charge in [0.05, 0.1) is 0 Å². The Balaban J connectivity index is 4.26. The highest BCUT2D eigenvalue weighted by atomic mass is 16.6. The van der Waals surface area contributed by atoms with Gasteiger partial charge in [0.2, 0.25) is 0 Å². The zero-order valence-corrected chi connectivity index (χ0v) is 53.5. The molecular weight excluding hydrogens is 1010 g/mol. The molecule has 0 aromatic rings. The molecule has 0 spiro atoms. The van der Waals surface area contributed by atoms with Crippen molar-refractivity contribution in [2.24, 2.45) is 0 Å². The average Bonchev–Trinajstić information content (AvgIpc) is 3.47. The number of carbonyl (C=O) groups is 3. The minimum Gasteiger partial charge on any atom is -0.462 e. The minimum atomic E-state index is -0.798. The van der Waals surface area contributed by atoms with Gasteiger partial charge in [0.15, 0.2) is 6.10 Å². The summed E-state index contributed by atoms with van der Waals surface area (Å²) in [4.78, 5) is 38.2. The van der Waals surface area contributed by atoms with Crippen LogP contribution in [0.1, 0.15) is 310 Å². The van der Waals surface area contributed by atoms with Crippen LogP contribution in [0.15, 0.2) is 134 Å². The van der Waals surface area contributed by atoms with Gasteiger partial charge < -0.3 is 14.2 Å². The second-order valence-corrected chi connectivity index (χ2v) is 22.4. The number of allylic oxidation sites excluding steroid dienone is 22. The molecular formula is C76H126O6. The lowest BCUT2D eigenvalue weighted by Crippen LogP contribution is -2.30. The molecule has 6 heteroatoms. The second-order valence-electron chi connectivity index (χ2n) is 22.4. The summed E-state index contributed by atoms with van der Waals surface area (Å²) in [6.45, 7) is 6.48. The summed E-state index contributed by atoms with van der Waals surface area (Å²) in [7, 11) is 0. The fraction of sp³-hybridized carbons (Fsp3) is 0.671. The summed E-state index contributed by atoms with van der Waals surface area (Å²) >= 11 is 0. The molecule has 0 saturated carbocycles. The average molecular weight is 1140 g/mol. The van der Waals surface area contributed by atoms with Gasteiger partial charge in [-0.15, -0.1) is 0 Å². The van der Waals surface area contributed by atoms with Crippen molar-refractivity contribution in [2.45, 2.75) is 316 Å². The maximum Gasteiger partial charge on any atom is 0.306 e. The normalized spacial score (nSPS) is 13.0. The molecule has 0 aromatic carbocycles. The molecule has 0 fully saturated rings. The van der Waals surface area contributed by atoms with Crippen LogP contribution >= 0.6 is 0 Å². The van der Waals surface area contributed by atoms with E-state index in [1.165, 1.54) is 148 Å². The third-order valence-electron chi connectivity index (χ3n) is 14.4. The maximum absolute atomic E-state index is 12.9. The minimum absolute atomic E-state index is 0.0928. The highest BCUT2D eigenvalue weighted by Gasteiger charge is 2.19. The molecule has 0 rings (SSSR count). The van der Waals surface area contributed by atoms with Crippen LogP contribution in [0, 0.1) is 0 Å². The third-order valence-corrected chi connectivity index (χ3v) is 14.4. The number of esters is 3. The first-order valence-corrected chi connectivity index (χ1v) is 34.2. The molecule has 0 bridgehead atoms. The molecule has 1 unspecified atom stereocenters. The van der Waals surface area contributed by atoms with Crippen LogP contribution in [0.25, 0.3) is 0 Å². The molecule has 0 aliphatic carbocycles. The van der Waals surface area contributed by atoms with Crippen molar-refractivity contribution in [1.82, 2.24) is 0 Å². The Morgan fingerprint density at radius 3 is 0.780 bits per heavy atom. The zero-order chi connectivity index (χ0) is 59.2. The van der Waals surface area contributed by atoms with E-state index in [0.29, 0.717) is 19.3 Å². The molecule has 1 atom stereocenters. The van der Waals surface area contributed by atoms with E-state index in [1.807, 2.05) is 0 Å². The van der Waals surface area contributed by atoms with E-state index in [1.54, 1.807) is 0 Å².